The number of benzene rings is 1. The first-order valence-electron chi connectivity index (χ1n) is 10.2. The van der Waals surface area contributed by atoms with Gasteiger partial charge >= 0.3 is 0 Å². The van der Waals surface area contributed by atoms with E-state index >= 15 is 0 Å². The molecule has 8 heteroatoms. The Morgan fingerprint density at radius 1 is 1.00 bits per heavy atom. The molecule has 1 fully saturated rings. The largest absolute Gasteiger partial charge is 0.365 e. The quantitative estimate of drug-likeness (QED) is 0.500. The van der Waals surface area contributed by atoms with Gasteiger partial charge in [-0.25, -0.2) is 8.78 Å². The summed E-state index contributed by atoms with van der Waals surface area (Å²) in [5.41, 5.74) is 2.66. The first-order valence-corrected chi connectivity index (χ1v) is 11.0. The Hall–Kier alpha value is -2.97. The van der Waals surface area contributed by atoms with Crippen LogP contribution in [-0.4, -0.2) is 40.1 Å². The van der Waals surface area contributed by atoms with Crippen LogP contribution in [0.15, 0.2) is 66.1 Å². The number of halogens is 2. The van der Waals surface area contributed by atoms with Crippen molar-refractivity contribution in [1.29, 1.82) is 0 Å². The van der Waals surface area contributed by atoms with E-state index in [9.17, 15) is 8.78 Å². The molecule has 3 aromatic heterocycles. The molecule has 5 nitrogen and oxygen atoms in total. The number of rotatable bonds is 4. The predicted octanol–water partition coefficient (Wildman–Crippen LogP) is 4.73. The van der Waals surface area contributed by atoms with E-state index < -0.39 is 11.6 Å². The van der Waals surface area contributed by atoms with Gasteiger partial charge < -0.3 is 10.2 Å². The number of anilines is 1. The Balaban J connectivity index is 1.46. The monoisotopic (exact) mass is 437 g/mol. The van der Waals surface area contributed by atoms with Crippen molar-refractivity contribution in [2.75, 3.05) is 31.1 Å². The second-order valence-electron chi connectivity index (χ2n) is 7.39. The molecule has 0 bridgehead atoms. The van der Waals surface area contributed by atoms with E-state index in [-0.39, 0.29) is 5.69 Å². The Bertz CT molecular complexity index is 1180. The second kappa shape index (κ2) is 8.64. The summed E-state index contributed by atoms with van der Waals surface area (Å²) in [6.45, 7) is 2.81. The number of aromatic nitrogens is 3. The molecule has 1 aliphatic heterocycles. The van der Waals surface area contributed by atoms with E-state index in [0.717, 1.165) is 41.7 Å². The van der Waals surface area contributed by atoms with Gasteiger partial charge in [0.15, 0.2) is 11.6 Å². The van der Waals surface area contributed by atoms with Crippen LogP contribution in [0, 0.1) is 11.6 Å². The number of nitrogens with zero attached hydrogens (tertiary/aromatic N) is 4. The lowest BCUT2D eigenvalue weighted by Gasteiger charge is -2.23. The Kier molecular flexibility index (Phi) is 5.57. The smallest absolute Gasteiger partial charge is 0.150 e. The zero-order valence-electron chi connectivity index (χ0n) is 16.8. The zero-order chi connectivity index (χ0) is 21.2. The Morgan fingerprint density at radius 2 is 1.87 bits per heavy atom. The van der Waals surface area contributed by atoms with Crippen LogP contribution in [-0.2, 0) is 0 Å². The molecule has 0 aliphatic carbocycles. The summed E-state index contributed by atoms with van der Waals surface area (Å²) in [4.78, 5) is 11.0. The third kappa shape index (κ3) is 4.00. The number of hydrogen-bond acceptors (Lipinski definition) is 5. The zero-order valence-corrected chi connectivity index (χ0v) is 17.6. The van der Waals surface area contributed by atoms with Gasteiger partial charge in [0, 0.05) is 54.1 Å². The van der Waals surface area contributed by atoms with Crippen LogP contribution in [0.1, 0.15) is 6.42 Å². The first kappa shape index (κ1) is 20.0. The van der Waals surface area contributed by atoms with E-state index in [1.807, 2.05) is 34.4 Å². The molecule has 1 N–H and O–H groups in total. The average Bonchev–Trinajstić information content (AvgIpc) is 3.00. The van der Waals surface area contributed by atoms with E-state index in [4.69, 9.17) is 0 Å². The predicted molar refractivity (Wildman–Crippen MR) is 120 cm³/mol. The van der Waals surface area contributed by atoms with Gasteiger partial charge in [-0.05, 0) is 55.2 Å². The number of hydrogen-bond donors (Lipinski definition) is 1. The highest BCUT2D eigenvalue weighted by Crippen LogP contribution is 2.34. The normalized spacial score (nSPS) is 14.7. The fourth-order valence-electron chi connectivity index (χ4n) is 3.92. The highest BCUT2D eigenvalue weighted by atomic mass is 32.2. The molecule has 1 aromatic carbocycles. The number of pyridine rings is 2. The van der Waals surface area contributed by atoms with Gasteiger partial charge in [-0.1, -0.05) is 6.07 Å². The van der Waals surface area contributed by atoms with E-state index in [1.54, 1.807) is 23.5 Å². The third-order valence-corrected chi connectivity index (χ3v) is 6.33. The molecule has 0 radical (unpaired) electrons. The van der Waals surface area contributed by atoms with Crippen LogP contribution in [0.3, 0.4) is 0 Å². The van der Waals surface area contributed by atoms with Crippen LogP contribution in [0.4, 0.5) is 14.5 Å². The van der Waals surface area contributed by atoms with Gasteiger partial charge in [0.2, 0.25) is 0 Å². The molecule has 1 saturated heterocycles. The molecule has 1 aliphatic rings. The average molecular weight is 438 g/mol. The minimum Gasteiger partial charge on any atom is -0.365 e. The maximum absolute atomic E-state index is 14.9. The Labute approximate surface area is 183 Å². The SMILES string of the molecule is Fc1cc(Sn2ccc3c(-c4ccccn4)cncc32)cc(F)c1N1CCCNCC1. The summed E-state index contributed by atoms with van der Waals surface area (Å²) >= 11 is 1.26. The fraction of sp³-hybridized carbons (Fsp3) is 0.217. The molecule has 158 valence electrons. The van der Waals surface area contributed by atoms with E-state index in [1.165, 1.54) is 24.1 Å². The molecular weight excluding hydrogens is 416 g/mol. The van der Waals surface area contributed by atoms with Gasteiger partial charge in [-0.2, -0.15) is 0 Å². The van der Waals surface area contributed by atoms with Crippen LogP contribution in [0.25, 0.3) is 22.2 Å². The summed E-state index contributed by atoms with van der Waals surface area (Å²) in [7, 11) is 0. The molecule has 4 heterocycles. The van der Waals surface area contributed by atoms with Crippen molar-refractivity contribution >= 4 is 28.5 Å². The molecule has 5 rings (SSSR count). The van der Waals surface area contributed by atoms with Gasteiger partial charge in [0.25, 0.3) is 0 Å². The van der Waals surface area contributed by atoms with Gasteiger partial charge in [-0.3, -0.25) is 13.9 Å². The standard InChI is InChI=1S/C23H21F2N5S/c24-19-12-16(13-20(25)23(19)29-9-3-6-26-8-11-29)31-30-10-5-17-18(14-27-15-22(17)30)21-4-1-2-7-28-21/h1-2,4-5,7,10,12-15,26H,3,6,8-9,11H2. The fourth-order valence-corrected chi connectivity index (χ4v) is 4.82. The summed E-state index contributed by atoms with van der Waals surface area (Å²) in [6.07, 6.45) is 8.02. The third-order valence-electron chi connectivity index (χ3n) is 5.37. The van der Waals surface area contributed by atoms with Crippen LogP contribution in [0.5, 0.6) is 0 Å². The molecule has 0 atom stereocenters. The number of nitrogens with one attached hydrogen (secondary N) is 1. The second-order valence-corrected chi connectivity index (χ2v) is 8.44. The number of fused-ring (bicyclic) bond motifs is 1. The van der Waals surface area contributed by atoms with Gasteiger partial charge in [-0.15, -0.1) is 0 Å². The summed E-state index contributed by atoms with van der Waals surface area (Å²) in [5, 5.41) is 4.24. The molecule has 0 saturated carbocycles. The van der Waals surface area contributed by atoms with Crippen molar-refractivity contribution in [3.63, 3.8) is 0 Å². The van der Waals surface area contributed by atoms with Crippen molar-refractivity contribution in [1.82, 2.24) is 19.3 Å². The van der Waals surface area contributed by atoms with Crippen molar-refractivity contribution in [2.45, 2.75) is 11.3 Å². The molecule has 4 aromatic rings. The van der Waals surface area contributed by atoms with Crippen LogP contribution >= 0.6 is 11.9 Å². The van der Waals surface area contributed by atoms with Crippen molar-refractivity contribution < 1.29 is 8.78 Å². The highest BCUT2D eigenvalue weighted by molar-refractivity contribution is 7.98. The summed E-state index contributed by atoms with van der Waals surface area (Å²) < 4.78 is 31.7. The highest BCUT2D eigenvalue weighted by Gasteiger charge is 2.20. The lowest BCUT2D eigenvalue weighted by molar-refractivity contribution is 0.566. The lowest BCUT2D eigenvalue weighted by Crippen LogP contribution is -2.29. The van der Waals surface area contributed by atoms with Crippen LogP contribution < -0.4 is 10.2 Å². The van der Waals surface area contributed by atoms with Gasteiger partial charge in [0.05, 0.1) is 17.4 Å². The van der Waals surface area contributed by atoms with Crippen molar-refractivity contribution in [3.8, 4) is 11.3 Å². The Morgan fingerprint density at radius 3 is 2.68 bits per heavy atom. The molecule has 0 unspecified atom stereocenters. The van der Waals surface area contributed by atoms with E-state index in [0.29, 0.717) is 18.0 Å². The van der Waals surface area contributed by atoms with Crippen molar-refractivity contribution in [2.24, 2.45) is 0 Å². The minimum atomic E-state index is -0.534. The minimum absolute atomic E-state index is 0.0597. The summed E-state index contributed by atoms with van der Waals surface area (Å²) in [6, 6.07) is 10.5. The summed E-state index contributed by atoms with van der Waals surface area (Å²) in [5.74, 6) is -1.07. The molecular formula is C23H21F2N5S. The van der Waals surface area contributed by atoms with E-state index in [2.05, 4.69) is 15.3 Å². The molecule has 0 spiro atoms. The molecule has 0 amide bonds. The topological polar surface area (TPSA) is 46.0 Å². The van der Waals surface area contributed by atoms with Gasteiger partial charge in [0.1, 0.15) is 5.69 Å². The lowest BCUT2D eigenvalue weighted by atomic mass is 10.1. The molecule has 31 heavy (non-hydrogen) atoms. The van der Waals surface area contributed by atoms with Crippen LogP contribution in [0.2, 0.25) is 0 Å². The maximum Gasteiger partial charge on any atom is 0.150 e. The first-order chi connectivity index (χ1) is 15.2. The maximum atomic E-state index is 14.9. The van der Waals surface area contributed by atoms with Crippen molar-refractivity contribution in [3.05, 3.63) is 72.8 Å².